The second-order valence-corrected chi connectivity index (χ2v) is 10.3. The van der Waals surface area contributed by atoms with E-state index in [0.717, 1.165) is 17.1 Å². The molecule has 162 valence electrons. The summed E-state index contributed by atoms with van der Waals surface area (Å²) in [7, 11) is -2.01. The SMILES string of the molecule is COc1cc(C=C(CNc2ccc(C)nc2C)P2(=O)OCC(C)(C)CO2)ccc1O. The van der Waals surface area contributed by atoms with Crippen LogP contribution in [0.5, 0.6) is 11.5 Å². The number of aromatic hydroxyl groups is 1. The van der Waals surface area contributed by atoms with Gasteiger partial charge in [0, 0.05) is 17.7 Å². The minimum atomic E-state index is -3.49. The standard InChI is InChI=1S/C22H29N2O5P/c1-15-6-8-19(16(2)24-15)23-12-18(30(26)28-13-22(3,4)14-29-30)10-17-7-9-20(25)21(11-17)27-5/h6-11,23,25H,12-14H2,1-5H3. The van der Waals surface area contributed by atoms with Crippen molar-refractivity contribution in [1.82, 2.24) is 4.98 Å². The van der Waals surface area contributed by atoms with Gasteiger partial charge in [-0.15, -0.1) is 0 Å². The van der Waals surface area contributed by atoms with Crippen LogP contribution in [0.15, 0.2) is 35.6 Å². The lowest BCUT2D eigenvalue weighted by molar-refractivity contribution is 0.0446. The van der Waals surface area contributed by atoms with Crippen LogP contribution in [0.4, 0.5) is 5.69 Å². The molecule has 2 heterocycles. The number of ether oxygens (including phenoxy) is 1. The fraction of sp³-hybridized carbons (Fsp3) is 0.409. The summed E-state index contributed by atoms with van der Waals surface area (Å²) in [4.78, 5) is 4.46. The second kappa shape index (κ2) is 8.80. The van der Waals surface area contributed by atoms with Crippen LogP contribution in [0.25, 0.3) is 6.08 Å². The topological polar surface area (TPSA) is 89.9 Å². The number of rotatable bonds is 6. The van der Waals surface area contributed by atoms with Crippen molar-refractivity contribution in [2.45, 2.75) is 27.7 Å². The zero-order valence-corrected chi connectivity index (χ0v) is 19.0. The van der Waals surface area contributed by atoms with E-state index in [1.807, 2.05) is 39.8 Å². The third-order valence-electron chi connectivity index (χ3n) is 4.82. The first-order valence-electron chi connectivity index (χ1n) is 9.77. The quantitative estimate of drug-likeness (QED) is 0.612. The Labute approximate surface area is 177 Å². The number of methoxy groups -OCH3 is 1. The first kappa shape index (κ1) is 22.3. The summed E-state index contributed by atoms with van der Waals surface area (Å²) >= 11 is 0. The fourth-order valence-electron chi connectivity index (χ4n) is 3.03. The van der Waals surface area contributed by atoms with Crippen LogP contribution < -0.4 is 10.1 Å². The monoisotopic (exact) mass is 432 g/mol. The van der Waals surface area contributed by atoms with Gasteiger partial charge in [-0.3, -0.25) is 9.55 Å². The first-order valence-corrected chi connectivity index (χ1v) is 11.3. The van der Waals surface area contributed by atoms with E-state index in [1.54, 1.807) is 18.2 Å². The Bertz CT molecular complexity index is 989. The minimum absolute atomic E-state index is 0.0363. The molecule has 1 aliphatic heterocycles. The molecule has 8 heteroatoms. The lowest BCUT2D eigenvalue weighted by Crippen LogP contribution is -2.30. The van der Waals surface area contributed by atoms with Crippen molar-refractivity contribution in [2.24, 2.45) is 5.41 Å². The molecule has 0 saturated carbocycles. The average molecular weight is 432 g/mol. The molecule has 0 amide bonds. The van der Waals surface area contributed by atoms with E-state index < -0.39 is 7.60 Å². The molecule has 0 spiro atoms. The molecule has 2 N–H and O–H groups in total. The lowest BCUT2D eigenvalue weighted by Gasteiger charge is -2.35. The minimum Gasteiger partial charge on any atom is -0.504 e. The van der Waals surface area contributed by atoms with Gasteiger partial charge >= 0.3 is 7.60 Å². The average Bonchev–Trinajstić information content (AvgIpc) is 2.70. The molecule has 1 fully saturated rings. The van der Waals surface area contributed by atoms with Crippen molar-refractivity contribution in [3.63, 3.8) is 0 Å². The number of aromatic nitrogens is 1. The largest absolute Gasteiger partial charge is 0.504 e. The molecule has 1 aromatic carbocycles. The molecule has 1 aliphatic rings. The molecule has 0 aliphatic carbocycles. The highest BCUT2D eigenvalue weighted by molar-refractivity contribution is 7.58. The molecule has 2 aromatic rings. The van der Waals surface area contributed by atoms with Gasteiger partial charge in [0.15, 0.2) is 11.5 Å². The van der Waals surface area contributed by atoms with E-state index in [4.69, 9.17) is 13.8 Å². The third-order valence-corrected chi connectivity index (χ3v) is 6.75. The zero-order chi connectivity index (χ0) is 21.9. The van der Waals surface area contributed by atoms with Gasteiger partial charge in [0.2, 0.25) is 0 Å². The number of benzene rings is 1. The highest BCUT2D eigenvalue weighted by atomic mass is 31.2. The lowest BCUT2D eigenvalue weighted by atomic mass is 9.97. The van der Waals surface area contributed by atoms with Gasteiger partial charge in [-0.25, -0.2) is 0 Å². The highest BCUT2D eigenvalue weighted by Gasteiger charge is 2.39. The van der Waals surface area contributed by atoms with E-state index in [-0.39, 0.29) is 17.7 Å². The summed E-state index contributed by atoms with van der Waals surface area (Å²) < 4.78 is 30.3. The molecule has 1 aromatic heterocycles. The summed E-state index contributed by atoms with van der Waals surface area (Å²) in [6.45, 7) is 8.80. The number of hydrogen-bond donors (Lipinski definition) is 2. The van der Waals surface area contributed by atoms with Crippen LogP contribution in [-0.4, -0.2) is 37.0 Å². The number of nitrogens with zero attached hydrogens (tertiary/aromatic N) is 1. The van der Waals surface area contributed by atoms with Crippen LogP contribution in [0.2, 0.25) is 0 Å². The summed E-state index contributed by atoms with van der Waals surface area (Å²) in [5.74, 6) is 0.369. The van der Waals surface area contributed by atoms with Crippen molar-refractivity contribution in [3.05, 3.63) is 52.6 Å². The number of phenolic OH excluding ortho intramolecular Hbond substituents is 1. The van der Waals surface area contributed by atoms with E-state index in [2.05, 4.69) is 10.3 Å². The van der Waals surface area contributed by atoms with Gasteiger partial charge in [-0.1, -0.05) is 19.9 Å². The molecule has 0 atom stereocenters. The van der Waals surface area contributed by atoms with E-state index in [1.165, 1.54) is 13.2 Å². The van der Waals surface area contributed by atoms with E-state index >= 15 is 0 Å². The second-order valence-electron chi connectivity index (χ2n) is 8.21. The Hall–Kier alpha value is -2.34. The summed E-state index contributed by atoms with van der Waals surface area (Å²) in [6.07, 6.45) is 1.75. The Balaban J connectivity index is 1.93. The van der Waals surface area contributed by atoms with Gasteiger partial charge in [-0.2, -0.15) is 0 Å². The maximum atomic E-state index is 13.6. The number of aryl methyl sites for hydroxylation is 2. The molecule has 30 heavy (non-hydrogen) atoms. The van der Waals surface area contributed by atoms with Gasteiger partial charge < -0.3 is 24.2 Å². The van der Waals surface area contributed by atoms with Crippen LogP contribution in [0.3, 0.4) is 0 Å². The fourth-order valence-corrected chi connectivity index (χ4v) is 5.05. The number of hydrogen-bond acceptors (Lipinski definition) is 7. The summed E-state index contributed by atoms with van der Waals surface area (Å²) in [6, 6.07) is 8.79. The van der Waals surface area contributed by atoms with Crippen LogP contribution in [-0.2, 0) is 13.6 Å². The predicted octanol–water partition coefficient (Wildman–Crippen LogP) is 5.13. The molecular weight excluding hydrogens is 403 g/mol. The normalized spacial score (nSPS) is 18.1. The number of nitrogens with one attached hydrogen (secondary N) is 1. The number of anilines is 1. The molecule has 1 saturated heterocycles. The Kier molecular flexibility index (Phi) is 6.56. The van der Waals surface area contributed by atoms with Crippen molar-refractivity contribution in [3.8, 4) is 11.5 Å². The molecule has 7 nitrogen and oxygen atoms in total. The molecular formula is C22H29N2O5P. The Morgan fingerprint density at radius 3 is 2.60 bits per heavy atom. The molecule has 0 bridgehead atoms. The maximum Gasteiger partial charge on any atom is 0.359 e. The maximum absolute atomic E-state index is 13.6. The van der Waals surface area contributed by atoms with Gasteiger partial charge in [0.1, 0.15) is 0 Å². The van der Waals surface area contributed by atoms with Crippen molar-refractivity contribution in [2.75, 3.05) is 32.2 Å². The highest BCUT2D eigenvalue weighted by Crippen LogP contribution is 2.60. The Morgan fingerprint density at radius 2 is 1.97 bits per heavy atom. The molecule has 3 rings (SSSR count). The van der Waals surface area contributed by atoms with Gasteiger partial charge in [0.05, 0.1) is 37.0 Å². The summed E-state index contributed by atoms with van der Waals surface area (Å²) in [5.41, 5.74) is 3.14. The van der Waals surface area contributed by atoms with E-state index in [9.17, 15) is 9.67 Å². The van der Waals surface area contributed by atoms with Crippen molar-refractivity contribution < 1.29 is 23.5 Å². The van der Waals surface area contributed by atoms with Gasteiger partial charge in [-0.05, 0) is 49.8 Å². The number of pyridine rings is 1. The van der Waals surface area contributed by atoms with Gasteiger partial charge in [0.25, 0.3) is 0 Å². The van der Waals surface area contributed by atoms with E-state index in [0.29, 0.717) is 29.8 Å². The summed E-state index contributed by atoms with van der Waals surface area (Å²) in [5, 5.41) is 13.7. The van der Waals surface area contributed by atoms with Crippen molar-refractivity contribution in [1.29, 1.82) is 0 Å². The van der Waals surface area contributed by atoms with Crippen LogP contribution >= 0.6 is 7.60 Å². The number of phenols is 1. The van der Waals surface area contributed by atoms with Crippen LogP contribution in [0.1, 0.15) is 30.8 Å². The zero-order valence-electron chi connectivity index (χ0n) is 18.1. The van der Waals surface area contributed by atoms with Crippen LogP contribution in [0, 0.1) is 19.3 Å². The molecule has 0 radical (unpaired) electrons. The molecule has 0 unspecified atom stereocenters. The Morgan fingerprint density at radius 1 is 1.27 bits per heavy atom. The smallest absolute Gasteiger partial charge is 0.359 e. The first-order chi connectivity index (χ1) is 14.1. The predicted molar refractivity (Wildman–Crippen MR) is 118 cm³/mol. The van der Waals surface area contributed by atoms with Crippen molar-refractivity contribution >= 4 is 19.4 Å². The third kappa shape index (κ3) is 5.22.